The van der Waals surface area contributed by atoms with Gasteiger partial charge in [-0.15, -0.1) is 0 Å². The van der Waals surface area contributed by atoms with Crippen molar-refractivity contribution in [3.05, 3.63) is 72.0 Å². The number of para-hydroxylation sites is 1. The lowest BCUT2D eigenvalue weighted by Gasteiger charge is -2.24. The van der Waals surface area contributed by atoms with Gasteiger partial charge in [0, 0.05) is 24.4 Å². The minimum absolute atomic E-state index is 0.0238. The van der Waals surface area contributed by atoms with Crippen LogP contribution in [0.1, 0.15) is 49.2 Å². The quantitative estimate of drug-likeness (QED) is 0.257. The van der Waals surface area contributed by atoms with Crippen molar-refractivity contribution in [2.45, 2.75) is 51.7 Å². The maximum atomic E-state index is 13.4. The van der Waals surface area contributed by atoms with E-state index in [1.54, 1.807) is 18.2 Å². The molecule has 210 valence electrons. The Bertz CT molecular complexity index is 1350. The fraction of sp³-hybridized carbons (Fsp3) is 0.367. The molecular formula is C30H34N4O6. The topological polar surface area (TPSA) is 147 Å². The van der Waals surface area contributed by atoms with Crippen LogP contribution in [0.3, 0.4) is 0 Å². The molecule has 0 saturated carbocycles. The third-order valence-corrected chi connectivity index (χ3v) is 6.81. The Kier molecular flexibility index (Phi) is 9.31. The van der Waals surface area contributed by atoms with Gasteiger partial charge in [0.1, 0.15) is 11.6 Å². The van der Waals surface area contributed by atoms with Crippen molar-refractivity contribution in [3.8, 4) is 0 Å². The smallest absolute Gasteiger partial charge is 0.289 e. The monoisotopic (exact) mass is 546 g/mol. The zero-order valence-electron chi connectivity index (χ0n) is 22.6. The molecule has 0 radical (unpaired) electrons. The van der Waals surface area contributed by atoms with Gasteiger partial charge in [0.2, 0.25) is 17.6 Å². The standard InChI is InChI=1S/C30H34N4O6/c1-18(2)14-23(34-29(38)25-16-20-10-6-7-11-24(20)40-25)28(37)33-22(15-21-12-13-31-27(21)36)26(35)30(39)32-17-19-8-4-3-5-9-19/h3-11,16,18,21-23H,12-15,17H2,1-2H3,(H,31,36)(H,32,39)(H,33,37)(H,34,38)/t21-,22-,23-/m0/s1. The lowest BCUT2D eigenvalue weighted by Crippen LogP contribution is -2.54. The zero-order valence-corrected chi connectivity index (χ0v) is 22.6. The van der Waals surface area contributed by atoms with Gasteiger partial charge in [-0.1, -0.05) is 62.4 Å². The second kappa shape index (κ2) is 13.1. The number of nitrogens with one attached hydrogen (secondary N) is 4. The summed E-state index contributed by atoms with van der Waals surface area (Å²) in [7, 11) is 0. The molecule has 3 aromatic rings. The lowest BCUT2D eigenvalue weighted by atomic mass is 9.94. The molecule has 2 aromatic carbocycles. The number of furan rings is 1. The molecule has 0 bridgehead atoms. The molecular weight excluding hydrogens is 512 g/mol. The Morgan fingerprint density at radius 1 is 0.975 bits per heavy atom. The number of rotatable bonds is 12. The molecule has 0 spiro atoms. The van der Waals surface area contributed by atoms with Gasteiger partial charge in [-0.25, -0.2) is 0 Å². The summed E-state index contributed by atoms with van der Waals surface area (Å²) in [5, 5.41) is 11.4. The van der Waals surface area contributed by atoms with Crippen LogP contribution in [-0.2, 0) is 25.7 Å². The molecule has 3 atom stereocenters. The normalized spacial score (nSPS) is 16.3. The zero-order chi connectivity index (χ0) is 28.6. The van der Waals surface area contributed by atoms with Crippen molar-refractivity contribution in [3.63, 3.8) is 0 Å². The number of hydrogen-bond donors (Lipinski definition) is 4. The number of hydrogen-bond acceptors (Lipinski definition) is 6. The van der Waals surface area contributed by atoms with Crippen LogP contribution >= 0.6 is 0 Å². The van der Waals surface area contributed by atoms with Gasteiger partial charge in [0.25, 0.3) is 11.8 Å². The van der Waals surface area contributed by atoms with E-state index in [1.165, 1.54) is 0 Å². The Hall–Kier alpha value is -4.47. The van der Waals surface area contributed by atoms with Gasteiger partial charge in [-0.05, 0) is 42.9 Å². The fourth-order valence-electron chi connectivity index (χ4n) is 4.71. The van der Waals surface area contributed by atoms with Crippen molar-refractivity contribution < 1.29 is 28.4 Å². The number of amides is 4. The Balaban J connectivity index is 1.48. The average Bonchev–Trinajstić information content (AvgIpc) is 3.56. The highest BCUT2D eigenvalue weighted by Gasteiger charge is 2.35. The number of benzene rings is 2. The Morgan fingerprint density at radius 2 is 1.70 bits per heavy atom. The molecule has 4 amide bonds. The highest BCUT2D eigenvalue weighted by Crippen LogP contribution is 2.20. The molecule has 1 saturated heterocycles. The van der Waals surface area contributed by atoms with Gasteiger partial charge in [0.05, 0.1) is 6.04 Å². The third-order valence-electron chi connectivity index (χ3n) is 6.81. The minimum Gasteiger partial charge on any atom is -0.451 e. The van der Waals surface area contributed by atoms with Crippen molar-refractivity contribution in [2.24, 2.45) is 11.8 Å². The van der Waals surface area contributed by atoms with Crippen LogP contribution < -0.4 is 21.3 Å². The SMILES string of the molecule is CC(C)C[C@H](NC(=O)c1cc2ccccc2o1)C(=O)N[C@@H](C[C@@H]1CCNC1=O)C(=O)C(=O)NCc1ccccc1. The highest BCUT2D eigenvalue weighted by atomic mass is 16.3. The predicted octanol–water partition coefficient (Wildman–Crippen LogP) is 2.47. The largest absolute Gasteiger partial charge is 0.451 e. The molecule has 1 aliphatic rings. The van der Waals surface area contributed by atoms with E-state index in [9.17, 15) is 24.0 Å². The fourth-order valence-corrected chi connectivity index (χ4v) is 4.71. The van der Waals surface area contributed by atoms with Gasteiger partial charge in [0.15, 0.2) is 5.76 Å². The molecule has 10 heteroatoms. The predicted molar refractivity (Wildman–Crippen MR) is 148 cm³/mol. The Morgan fingerprint density at radius 3 is 2.38 bits per heavy atom. The van der Waals surface area contributed by atoms with Crippen LogP contribution in [0.5, 0.6) is 0 Å². The lowest BCUT2D eigenvalue weighted by molar-refractivity contribution is -0.141. The van der Waals surface area contributed by atoms with Crippen molar-refractivity contribution in [2.75, 3.05) is 6.54 Å². The first kappa shape index (κ1) is 28.5. The summed E-state index contributed by atoms with van der Waals surface area (Å²) in [6.07, 6.45) is 0.742. The van der Waals surface area contributed by atoms with E-state index in [2.05, 4.69) is 21.3 Å². The first-order chi connectivity index (χ1) is 19.2. The van der Waals surface area contributed by atoms with Crippen LogP contribution in [0.25, 0.3) is 11.0 Å². The second-order valence-electron chi connectivity index (χ2n) is 10.4. The summed E-state index contributed by atoms with van der Waals surface area (Å²) in [5.41, 5.74) is 1.35. The summed E-state index contributed by atoms with van der Waals surface area (Å²) in [5.74, 6) is -3.58. The van der Waals surface area contributed by atoms with Crippen LogP contribution in [0.15, 0.2) is 65.1 Å². The molecule has 0 aliphatic carbocycles. The molecule has 4 N–H and O–H groups in total. The number of ketones is 1. The maximum absolute atomic E-state index is 13.4. The summed E-state index contributed by atoms with van der Waals surface area (Å²) >= 11 is 0. The van der Waals surface area contributed by atoms with Gasteiger partial charge in [-0.3, -0.25) is 24.0 Å². The number of carbonyl (C=O) groups excluding carboxylic acids is 5. The number of Topliss-reactive ketones (excluding diaryl/α,β-unsaturated/α-hetero) is 1. The van der Waals surface area contributed by atoms with E-state index < -0.39 is 41.5 Å². The van der Waals surface area contributed by atoms with Crippen molar-refractivity contribution in [1.82, 2.24) is 21.3 Å². The Labute approximate surface area is 232 Å². The molecule has 2 heterocycles. The second-order valence-corrected chi connectivity index (χ2v) is 10.4. The summed E-state index contributed by atoms with van der Waals surface area (Å²) in [6.45, 7) is 4.40. The summed E-state index contributed by atoms with van der Waals surface area (Å²) in [6, 6.07) is 15.6. The number of fused-ring (bicyclic) bond motifs is 1. The van der Waals surface area contributed by atoms with Gasteiger partial charge in [-0.2, -0.15) is 0 Å². The molecule has 1 fully saturated rings. The van der Waals surface area contributed by atoms with E-state index in [-0.39, 0.29) is 37.0 Å². The molecule has 1 aliphatic heterocycles. The summed E-state index contributed by atoms with van der Waals surface area (Å²) < 4.78 is 5.63. The van der Waals surface area contributed by atoms with E-state index in [1.807, 2.05) is 56.3 Å². The van der Waals surface area contributed by atoms with E-state index >= 15 is 0 Å². The van der Waals surface area contributed by atoms with Crippen molar-refractivity contribution in [1.29, 1.82) is 0 Å². The summed E-state index contributed by atoms with van der Waals surface area (Å²) in [4.78, 5) is 64.7. The van der Waals surface area contributed by atoms with E-state index in [4.69, 9.17) is 4.42 Å². The first-order valence-corrected chi connectivity index (χ1v) is 13.4. The average molecular weight is 547 g/mol. The molecule has 40 heavy (non-hydrogen) atoms. The molecule has 1 aromatic heterocycles. The molecule has 10 nitrogen and oxygen atoms in total. The first-order valence-electron chi connectivity index (χ1n) is 13.4. The van der Waals surface area contributed by atoms with Crippen molar-refractivity contribution >= 4 is 40.4 Å². The van der Waals surface area contributed by atoms with Crippen LogP contribution in [0.2, 0.25) is 0 Å². The number of carbonyl (C=O) groups is 5. The van der Waals surface area contributed by atoms with Crippen LogP contribution in [0, 0.1) is 11.8 Å². The maximum Gasteiger partial charge on any atom is 0.289 e. The minimum atomic E-state index is -1.24. The van der Waals surface area contributed by atoms with Crippen LogP contribution in [0.4, 0.5) is 0 Å². The molecule has 4 rings (SSSR count). The van der Waals surface area contributed by atoms with E-state index in [0.29, 0.717) is 18.5 Å². The van der Waals surface area contributed by atoms with E-state index in [0.717, 1.165) is 10.9 Å². The third kappa shape index (κ3) is 7.34. The highest BCUT2D eigenvalue weighted by molar-refractivity contribution is 6.38. The molecule has 0 unspecified atom stereocenters. The van der Waals surface area contributed by atoms with Gasteiger partial charge < -0.3 is 25.7 Å². The van der Waals surface area contributed by atoms with Crippen LogP contribution in [-0.4, -0.2) is 48.0 Å². The van der Waals surface area contributed by atoms with Gasteiger partial charge >= 0.3 is 0 Å².